The van der Waals surface area contributed by atoms with Crippen molar-refractivity contribution in [3.8, 4) is 0 Å². The van der Waals surface area contributed by atoms with Gasteiger partial charge < -0.3 is 14.5 Å². The van der Waals surface area contributed by atoms with E-state index in [-0.39, 0.29) is 24.4 Å². The molecule has 0 saturated heterocycles. The molecule has 0 bridgehead atoms. The number of benzene rings is 1. The highest BCUT2D eigenvalue weighted by Gasteiger charge is 2.34. The standard InChI is InChI=1S/C24H32N2O3S/c1-4-8-22(27)25(13-7-15-29-3)17-23(28)26-14-11-21-20(12-16-30-21)24(26)19-10-6-5-9-18(19)2/h5-6,9-10,12,16,24H,4,7-8,11,13-15,17H2,1-3H3. The Morgan fingerprint density at radius 1 is 1.23 bits per heavy atom. The van der Waals surface area contributed by atoms with Crippen molar-refractivity contribution < 1.29 is 14.3 Å². The number of hydrogen-bond donors (Lipinski definition) is 0. The summed E-state index contributed by atoms with van der Waals surface area (Å²) >= 11 is 1.77. The van der Waals surface area contributed by atoms with Gasteiger partial charge in [-0.1, -0.05) is 31.2 Å². The van der Waals surface area contributed by atoms with Crippen molar-refractivity contribution in [3.63, 3.8) is 0 Å². The molecule has 5 nitrogen and oxygen atoms in total. The number of rotatable bonds is 9. The number of fused-ring (bicyclic) bond motifs is 1. The fourth-order valence-electron chi connectivity index (χ4n) is 4.13. The molecule has 6 heteroatoms. The van der Waals surface area contributed by atoms with E-state index in [2.05, 4.69) is 30.5 Å². The van der Waals surface area contributed by atoms with Gasteiger partial charge in [0, 0.05) is 38.1 Å². The number of amides is 2. The monoisotopic (exact) mass is 428 g/mol. The molecule has 3 rings (SSSR count). The fraction of sp³-hybridized carbons (Fsp3) is 0.500. The second-order valence-corrected chi connectivity index (χ2v) is 8.81. The van der Waals surface area contributed by atoms with Crippen molar-refractivity contribution in [2.24, 2.45) is 0 Å². The van der Waals surface area contributed by atoms with Crippen molar-refractivity contribution in [1.29, 1.82) is 0 Å². The average molecular weight is 429 g/mol. The summed E-state index contributed by atoms with van der Waals surface area (Å²) in [6, 6.07) is 10.3. The van der Waals surface area contributed by atoms with E-state index in [4.69, 9.17) is 4.74 Å². The van der Waals surface area contributed by atoms with Crippen LogP contribution in [-0.2, 0) is 20.7 Å². The third kappa shape index (κ3) is 5.10. The molecule has 30 heavy (non-hydrogen) atoms. The smallest absolute Gasteiger partial charge is 0.242 e. The maximum atomic E-state index is 13.5. The first-order valence-corrected chi connectivity index (χ1v) is 11.6. The minimum atomic E-state index is -0.0872. The summed E-state index contributed by atoms with van der Waals surface area (Å²) in [6.07, 6.45) is 2.85. The topological polar surface area (TPSA) is 49.9 Å². The highest BCUT2D eigenvalue weighted by molar-refractivity contribution is 7.10. The molecule has 0 N–H and O–H groups in total. The zero-order valence-corrected chi connectivity index (χ0v) is 19.0. The molecule has 2 heterocycles. The van der Waals surface area contributed by atoms with Gasteiger partial charge in [-0.2, -0.15) is 0 Å². The van der Waals surface area contributed by atoms with Gasteiger partial charge in [0.2, 0.25) is 11.8 Å². The molecule has 162 valence electrons. The van der Waals surface area contributed by atoms with Gasteiger partial charge in [0.1, 0.15) is 0 Å². The molecule has 1 aliphatic heterocycles. The number of hydrogen-bond acceptors (Lipinski definition) is 4. The van der Waals surface area contributed by atoms with Crippen LogP contribution >= 0.6 is 11.3 Å². The van der Waals surface area contributed by atoms with Crippen molar-refractivity contribution in [2.75, 3.05) is 33.4 Å². The molecule has 1 aromatic heterocycles. The van der Waals surface area contributed by atoms with E-state index in [9.17, 15) is 9.59 Å². The lowest BCUT2D eigenvalue weighted by Crippen LogP contribution is -2.47. The summed E-state index contributed by atoms with van der Waals surface area (Å²) in [5.41, 5.74) is 3.56. The summed E-state index contributed by atoms with van der Waals surface area (Å²) in [5, 5.41) is 2.12. The predicted octanol–water partition coefficient (Wildman–Crippen LogP) is 4.20. The first-order valence-electron chi connectivity index (χ1n) is 10.7. The Kier molecular flexibility index (Phi) is 8.05. The summed E-state index contributed by atoms with van der Waals surface area (Å²) in [6.45, 7) is 6.02. The summed E-state index contributed by atoms with van der Waals surface area (Å²) < 4.78 is 5.14. The van der Waals surface area contributed by atoms with Crippen molar-refractivity contribution in [2.45, 2.75) is 45.6 Å². The Bertz CT molecular complexity index is 864. The second kappa shape index (κ2) is 10.7. The number of nitrogens with zero attached hydrogens (tertiary/aromatic N) is 2. The first kappa shape index (κ1) is 22.5. The molecule has 1 aromatic carbocycles. The molecule has 0 aliphatic carbocycles. The zero-order valence-electron chi connectivity index (χ0n) is 18.2. The van der Waals surface area contributed by atoms with Gasteiger partial charge in [0.25, 0.3) is 0 Å². The number of aryl methyl sites for hydroxylation is 1. The van der Waals surface area contributed by atoms with Gasteiger partial charge >= 0.3 is 0 Å². The maximum Gasteiger partial charge on any atom is 0.242 e. The van der Waals surface area contributed by atoms with E-state index in [0.717, 1.165) is 24.8 Å². The number of methoxy groups -OCH3 is 1. The van der Waals surface area contributed by atoms with Gasteiger partial charge in [-0.05, 0) is 54.3 Å². The van der Waals surface area contributed by atoms with E-state index >= 15 is 0 Å². The zero-order chi connectivity index (χ0) is 21.5. The highest BCUT2D eigenvalue weighted by atomic mass is 32.1. The lowest BCUT2D eigenvalue weighted by Gasteiger charge is -2.38. The number of carbonyl (C=O) groups excluding carboxylic acids is 2. The molecule has 0 radical (unpaired) electrons. The third-order valence-corrected chi connectivity index (χ3v) is 6.68. The van der Waals surface area contributed by atoms with Gasteiger partial charge in [0.05, 0.1) is 12.6 Å². The summed E-state index contributed by atoms with van der Waals surface area (Å²) in [7, 11) is 1.66. The van der Waals surface area contributed by atoms with E-state index in [1.807, 2.05) is 24.0 Å². The largest absolute Gasteiger partial charge is 0.385 e. The van der Waals surface area contributed by atoms with Crippen LogP contribution in [0.3, 0.4) is 0 Å². The van der Waals surface area contributed by atoms with Gasteiger partial charge in [-0.3, -0.25) is 9.59 Å². The quantitative estimate of drug-likeness (QED) is 0.563. The van der Waals surface area contributed by atoms with Gasteiger partial charge in [-0.25, -0.2) is 0 Å². The Morgan fingerprint density at radius 2 is 2.03 bits per heavy atom. The number of thiophene rings is 1. The van der Waals surface area contributed by atoms with Gasteiger partial charge in [0.15, 0.2) is 0 Å². The summed E-state index contributed by atoms with van der Waals surface area (Å²) in [5.74, 6) is 0.0598. The lowest BCUT2D eigenvalue weighted by atomic mass is 9.90. The van der Waals surface area contributed by atoms with Crippen LogP contribution in [0.4, 0.5) is 0 Å². The van der Waals surface area contributed by atoms with Crippen LogP contribution in [0.1, 0.15) is 53.8 Å². The lowest BCUT2D eigenvalue weighted by molar-refractivity contribution is -0.142. The minimum absolute atomic E-state index is 0.0157. The highest BCUT2D eigenvalue weighted by Crippen LogP contribution is 2.39. The minimum Gasteiger partial charge on any atom is -0.385 e. The van der Waals surface area contributed by atoms with Crippen LogP contribution in [0.5, 0.6) is 0 Å². The normalized spacial score (nSPS) is 15.7. The van der Waals surface area contributed by atoms with E-state index < -0.39 is 0 Å². The molecular weight excluding hydrogens is 396 g/mol. The molecule has 2 amide bonds. The van der Waals surface area contributed by atoms with Crippen LogP contribution in [0.2, 0.25) is 0 Å². The molecule has 2 aromatic rings. The first-order chi connectivity index (χ1) is 14.6. The molecule has 0 saturated carbocycles. The fourth-order valence-corrected chi connectivity index (χ4v) is 5.04. The molecule has 1 aliphatic rings. The molecule has 1 atom stereocenters. The van der Waals surface area contributed by atoms with Crippen molar-refractivity contribution in [3.05, 3.63) is 57.3 Å². The van der Waals surface area contributed by atoms with Crippen molar-refractivity contribution >= 4 is 23.2 Å². The Labute approximate surface area is 183 Å². The molecule has 0 spiro atoms. The van der Waals surface area contributed by atoms with Crippen LogP contribution in [0, 0.1) is 6.92 Å². The van der Waals surface area contributed by atoms with Crippen molar-refractivity contribution in [1.82, 2.24) is 9.80 Å². The predicted molar refractivity (Wildman–Crippen MR) is 121 cm³/mol. The van der Waals surface area contributed by atoms with Crippen LogP contribution in [0.25, 0.3) is 0 Å². The SMILES string of the molecule is CCCC(=O)N(CCCOC)CC(=O)N1CCc2sccc2C1c1ccccc1C. The van der Waals surface area contributed by atoms with Crippen LogP contribution in [0.15, 0.2) is 35.7 Å². The molecule has 0 fully saturated rings. The van der Waals surface area contributed by atoms with E-state index in [1.165, 1.54) is 16.0 Å². The molecule has 1 unspecified atom stereocenters. The molecular formula is C24H32N2O3S. The third-order valence-electron chi connectivity index (χ3n) is 5.69. The Balaban J connectivity index is 1.85. The van der Waals surface area contributed by atoms with E-state index in [0.29, 0.717) is 26.1 Å². The van der Waals surface area contributed by atoms with Crippen LogP contribution in [-0.4, -0.2) is 55.0 Å². The Hall–Kier alpha value is -2.18. The number of ether oxygens (including phenoxy) is 1. The number of carbonyl (C=O) groups is 2. The summed E-state index contributed by atoms with van der Waals surface area (Å²) in [4.78, 5) is 31.2. The second-order valence-electron chi connectivity index (χ2n) is 7.81. The average Bonchev–Trinajstić information content (AvgIpc) is 3.22. The Morgan fingerprint density at radius 3 is 2.77 bits per heavy atom. The maximum absolute atomic E-state index is 13.5. The van der Waals surface area contributed by atoms with Gasteiger partial charge in [-0.15, -0.1) is 11.3 Å². The van der Waals surface area contributed by atoms with E-state index in [1.54, 1.807) is 23.3 Å². The van der Waals surface area contributed by atoms with Crippen LogP contribution < -0.4 is 0 Å².